The molecular formula is C14H21NO3. The molecule has 4 heteroatoms. The number of aliphatic hydroxyl groups is 1. The van der Waals surface area contributed by atoms with Crippen molar-refractivity contribution in [2.45, 2.75) is 32.4 Å². The first-order valence-corrected chi connectivity index (χ1v) is 5.99. The molecule has 0 fully saturated rings. The van der Waals surface area contributed by atoms with Crippen molar-refractivity contribution in [1.29, 1.82) is 0 Å². The number of aryl methyl sites for hydroxylation is 2. The number of hydrogen-bond donors (Lipinski definition) is 2. The summed E-state index contributed by atoms with van der Waals surface area (Å²) in [5, 5.41) is 13.3. The van der Waals surface area contributed by atoms with E-state index in [9.17, 15) is 9.90 Å². The molecule has 0 aromatic heterocycles. The molecule has 4 nitrogen and oxygen atoms in total. The highest BCUT2D eigenvalue weighted by atomic mass is 16.5. The maximum atomic E-state index is 11.3. The van der Waals surface area contributed by atoms with Crippen LogP contribution in [0, 0.1) is 13.8 Å². The van der Waals surface area contributed by atoms with Gasteiger partial charge in [-0.05, 0) is 32.0 Å². The van der Waals surface area contributed by atoms with Gasteiger partial charge in [-0.25, -0.2) is 0 Å². The van der Waals surface area contributed by atoms with Crippen molar-refractivity contribution in [3.63, 3.8) is 0 Å². The molecule has 0 radical (unpaired) electrons. The molecular weight excluding hydrogens is 230 g/mol. The van der Waals surface area contributed by atoms with E-state index in [-0.39, 0.29) is 18.4 Å². The van der Waals surface area contributed by atoms with Gasteiger partial charge in [0, 0.05) is 6.04 Å². The SMILES string of the molecule is CNC(CC(=O)OC)C(O)c1cc(C)ccc1C. The number of likely N-dealkylation sites (N-methyl/N-ethyl adjacent to an activating group) is 1. The van der Waals surface area contributed by atoms with Crippen molar-refractivity contribution in [2.24, 2.45) is 0 Å². The Hall–Kier alpha value is -1.39. The van der Waals surface area contributed by atoms with Gasteiger partial charge < -0.3 is 15.2 Å². The van der Waals surface area contributed by atoms with Crippen LogP contribution in [0.15, 0.2) is 18.2 Å². The minimum Gasteiger partial charge on any atom is -0.469 e. The Morgan fingerprint density at radius 1 is 1.44 bits per heavy atom. The fourth-order valence-electron chi connectivity index (χ4n) is 1.93. The number of aliphatic hydroxyl groups excluding tert-OH is 1. The van der Waals surface area contributed by atoms with Crippen LogP contribution >= 0.6 is 0 Å². The van der Waals surface area contributed by atoms with Gasteiger partial charge in [-0.2, -0.15) is 0 Å². The van der Waals surface area contributed by atoms with Gasteiger partial charge in [-0.15, -0.1) is 0 Å². The Kier molecular flexibility index (Phi) is 5.31. The number of nitrogens with one attached hydrogen (secondary N) is 1. The summed E-state index contributed by atoms with van der Waals surface area (Å²) in [5.74, 6) is -0.335. The first-order valence-electron chi connectivity index (χ1n) is 5.99. The summed E-state index contributed by atoms with van der Waals surface area (Å²) >= 11 is 0. The number of benzene rings is 1. The molecule has 0 bridgehead atoms. The van der Waals surface area contributed by atoms with E-state index in [2.05, 4.69) is 10.1 Å². The largest absolute Gasteiger partial charge is 0.469 e. The summed E-state index contributed by atoms with van der Waals surface area (Å²) < 4.78 is 4.63. The Morgan fingerprint density at radius 2 is 2.11 bits per heavy atom. The van der Waals surface area contributed by atoms with E-state index in [0.29, 0.717) is 0 Å². The average molecular weight is 251 g/mol. The topological polar surface area (TPSA) is 58.6 Å². The fraction of sp³-hybridized carbons (Fsp3) is 0.500. The second kappa shape index (κ2) is 6.52. The van der Waals surface area contributed by atoms with Crippen molar-refractivity contribution in [3.05, 3.63) is 34.9 Å². The molecule has 1 aromatic carbocycles. The molecule has 2 atom stereocenters. The number of esters is 1. The van der Waals surface area contributed by atoms with Crippen LogP contribution in [0.25, 0.3) is 0 Å². The van der Waals surface area contributed by atoms with Crippen molar-refractivity contribution in [3.8, 4) is 0 Å². The third-order valence-corrected chi connectivity index (χ3v) is 3.12. The molecule has 0 aliphatic heterocycles. The van der Waals surface area contributed by atoms with Gasteiger partial charge in [0.25, 0.3) is 0 Å². The number of carbonyl (C=O) groups excluding carboxylic acids is 1. The Bertz CT molecular complexity index is 418. The van der Waals surface area contributed by atoms with Gasteiger partial charge in [0.1, 0.15) is 0 Å². The van der Waals surface area contributed by atoms with E-state index in [0.717, 1.165) is 16.7 Å². The lowest BCUT2D eigenvalue weighted by Crippen LogP contribution is -2.35. The maximum absolute atomic E-state index is 11.3. The molecule has 0 aliphatic rings. The van der Waals surface area contributed by atoms with E-state index in [1.807, 2.05) is 32.0 Å². The highest BCUT2D eigenvalue weighted by molar-refractivity contribution is 5.70. The highest BCUT2D eigenvalue weighted by Crippen LogP contribution is 2.23. The Morgan fingerprint density at radius 3 is 2.67 bits per heavy atom. The molecule has 2 N–H and O–H groups in total. The monoisotopic (exact) mass is 251 g/mol. The standard InChI is InChI=1S/C14H21NO3/c1-9-5-6-10(2)11(7-9)14(17)12(15-3)8-13(16)18-4/h5-7,12,14-15,17H,8H2,1-4H3. The van der Waals surface area contributed by atoms with Gasteiger partial charge in [-0.1, -0.05) is 23.8 Å². The van der Waals surface area contributed by atoms with Gasteiger partial charge >= 0.3 is 5.97 Å². The minimum absolute atomic E-state index is 0.140. The van der Waals surface area contributed by atoms with Gasteiger partial charge in [-0.3, -0.25) is 4.79 Å². The van der Waals surface area contributed by atoms with Crippen LogP contribution in [0.3, 0.4) is 0 Å². The summed E-state index contributed by atoms with van der Waals surface area (Å²) in [6.45, 7) is 3.92. The number of hydrogen-bond acceptors (Lipinski definition) is 4. The Labute approximate surface area is 108 Å². The first-order chi connectivity index (χ1) is 8.49. The molecule has 0 spiro atoms. The lowest BCUT2D eigenvalue weighted by Gasteiger charge is -2.23. The number of carbonyl (C=O) groups is 1. The molecule has 18 heavy (non-hydrogen) atoms. The highest BCUT2D eigenvalue weighted by Gasteiger charge is 2.23. The zero-order valence-corrected chi connectivity index (χ0v) is 11.4. The molecule has 0 amide bonds. The van der Waals surface area contributed by atoms with Crippen LogP contribution in [0.1, 0.15) is 29.2 Å². The smallest absolute Gasteiger partial charge is 0.307 e. The molecule has 1 rings (SSSR count). The predicted molar refractivity (Wildman–Crippen MR) is 70.4 cm³/mol. The summed E-state index contributed by atoms with van der Waals surface area (Å²) in [6.07, 6.45) is -0.587. The summed E-state index contributed by atoms with van der Waals surface area (Å²) in [5.41, 5.74) is 2.94. The zero-order valence-electron chi connectivity index (χ0n) is 11.4. The fourth-order valence-corrected chi connectivity index (χ4v) is 1.93. The number of rotatable bonds is 5. The van der Waals surface area contributed by atoms with Crippen molar-refractivity contribution in [1.82, 2.24) is 5.32 Å². The van der Waals surface area contributed by atoms with Crippen molar-refractivity contribution < 1.29 is 14.6 Å². The van der Waals surface area contributed by atoms with Crippen molar-refractivity contribution >= 4 is 5.97 Å². The van der Waals surface area contributed by atoms with Gasteiger partial charge in [0.05, 0.1) is 19.6 Å². The summed E-state index contributed by atoms with van der Waals surface area (Å²) in [4.78, 5) is 11.3. The lowest BCUT2D eigenvalue weighted by molar-refractivity contribution is -0.142. The molecule has 0 saturated carbocycles. The average Bonchev–Trinajstić information content (AvgIpc) is 2.37. The third kappa shape index (κ3) is 3.55. The van der Waals surface area contributed by atoms with Crippen LogP contribution in [0.5, 0.6) is 0 Å². The van der Waals surface area contributed by atoms with Gasteiger partial charge in [0.2, 0.25) is 0 Å². The van der Waals surface area contributed by atoms with Crippen LogP contribution in [-0.4, -0.2) is 31.3 Å². The lowest BCUT2D eigenvalue weighted by atomic mass is 9.94. The second-order valence-electron chi connectivity index (χ2n) is 4.48. The summed E-state index contributed by atoms with van der Waals surface area (Å²) in [6, 6.07) is 5.57. The van der Waals surface area contributed by atoms with Crippen LogP contribution < -0.4 is 5.32 Å². The number of ether oxygens (including phenoxy) is 1. The molecule has 1 aromatic rings. The van der Waals surface area contributed by atoms with Crippen LogP contribution in [-0.2, 0) is 9.53 Å². The van der Waals surface area contributed by atoms with E-state index in [1.165, 1.54) is 7.11 Å². The van der Waals surface area contributed by atoms with Crippen molar-refractivity contribution in [2.75, 3.05) is 14.2 Å². The first kappa shape index (κ1) is 14.7. The minimum atomic E-state index is -0.728. The Balaban J connectivity index is 2.92. The third-order valence-electron chi connectivity index (χ3n) is 3.12. The van der Waals surface area contributed by atoms with E-state index >= 15 is 0 Å². The molecule has 100 valence electrons. The van der Waals surface area contributed by atoms with E-state index in [4.69, 9.17) is 0 Å². The molecule has 2 unspecified atom stereocenters. The maximum Gasteiger partial charge on any atom is 0.307 e. The quantitative estimate of drug-likeness (QED) is 0.778. The zero-order chi connectivity index (χ0) is 13.7. The predicted octanol–water partition coefficient (Wildman–Crippen LogP) is 1.49. The van der Waals surface area contributed by atoms with E-state index < -0.39 is 6.10 Å². The van der Waals surface area contributed by atoms with Crippen LogP contribution in [0.2, 0.25) is 0 Å². The normalized spacial score (nSPS) is 14.1. The van der Waals surface area contributed by atoms with Gasteiger partial charge in [0.15, 0.2) is 0 Å². The molecule has 0 saturated heterocycles. The van der Waals surface area contributed by atoms with Crippen LogP contribution in [0.4, 0.5) is 0 Å². The summed E-state index contributed by atoms with van der Waals surface area (Å²) in [7, 11) is 3.07. The second-order valence-corrected chi connectivity index (χ2v) is 4.48. The molecule has 0 aliphatic carbocycles. The van der Waals surface area contributed by atoms with E-state index in [1.54, 1.807) is 7.05 Å². The number of methoxy groups -OCH3 is 1. The molecule has 0 heterocycles.